The van der Waals surface area contributed by atoms with E-state index < -0.39 is 0 Å². The SMILES string of the molecule is C=C(NNC(=O)c1n[nH]c2c1CCCC2)c1ccc(O)cc1. The molecule has 0 radical (unpaired) electrons. The van der Waals surface area contributed by atoms with Crippen molar-refractivity contribution in [3.63, 3.8) is 0 Å². The number of carbonyl (C=O) groups is 1. The lowest BCUT2D eigenvalue weighted by molar-refractivity contribution is 0.0936. The Morgan fingerprint density at radius 1 is 1.18 bits per heavy atom. The molecule has 0 unspecified atom stereocenters. The van der Waals surface area contributed by atoms with Crippen LogP contribution >= 0.6 is 0 Å². The molecule has 4 N–H and O–H groups in total. The molecule has 3 rings (SSSR count). The van der Waals surface area contributed by atoms with Crippen molar-refractivity contribution in [2.75, 3.05) is 0 Å². The maximum absolute atomic E-state index is 12.2. The van der Waals surface area contributed by atoms with E-state index in [9.17, 15) is 9.90 Å². The van der Waals surface area contributed by atoms with E-state index in [4.69, 9.17) is 0 Å². The quantitative estimate of drug-likeness (QED) is 0.649. The van der Waals surface area contributed by atoms with Crippen LogP contribution in [0.15, 0.2) is 30.8 Å². The first-order chi connectivity index (χ1) is 10.6. The van der Waals surface area contributed by atoms with Gasteiger partial charge in [0, 0.05) is 11.3 Å². The van der Waals surface area contributed by atoms with Gasteiger partial charge in [0.1, 0.15) is 5.75 Å². The van der Waals surface area contributed by atoms with E-state index in [2.05, 4.69) is 27.6 Å². The van der Waals surface area contributed by atoms with Gasteiger partial charge in [-0.25, -0.2) is 0 Å². The lowest BCUT2D eigenvalue weighted by atomic mass is 9.96. The van der Waals surface area contributed by atoms with Crippen molar-refractivity contribution in [2.24, 2.45) is 0 Å². The van der Waals surface area contributed by atoms with Gasteiger partial charge in [-0.15, -0.1) is 0 Å². The summed E-state index contributed by atoms with van der Waals surface area (Å²) in [4.78, 5) is 12.2. The average molecular weight is 298 g/mol. The second-order valence-electron chi connectivity index (χ2n) is 5.34. The summed E-state index contributed by atoms with van der Waals surface area (Å²) in [5.41, 5.74) is 9.24. The summed E-state index contributed by atoms with van der Waals surface area (Å²) in [5, 5.41) is 16.3. The molecule has 1 aliphatic rings. The fourth-order valence-electron chi connectivity index (χ4n) is 2.59. The topological polar surface area (TPSA) is 90.0 Å². The third-order valence-corrected chi connectivity index (χ3v) is 3.81. The van der Waals surface area contributed by atoms with Gasteiger partial charge in [0.15, 0.2) is 5.69 Å². The van der Waals surface area contributed by atoms with Gasteiger partial charge < -0.3 is 5.11 Å². The van der Waals surface area contributed by atoms with Gasteiger partial charge in [0.05, 0.1) is 5.70 Å². The zero-order valence-corrected chi connectivity index (χ0v) is 12.1. The molecule has 22 heavy (non-hydrogen) atoms. The minimum Gasteiger partial charge on any atom is -0.508 e. The first-order valence-corrected chi connectivity index (χ1v) is 7.26. The Kier molecular flexibility index (Phi) is 3.82. The minimum absolute atomic E-state index is 0.184. The van der Waals surface area contributed by atoms with Crippen molar-refractivity contribution < 1.29 is 9.90 Å². The Morgan fingerprint density at radius 2 is 1.91 bits per heavy atom. The first-order valence-electron chi connectivity index (χ1n) is 7.26. The van der Waals surface area contributed by atoms with Gasteiger partial charge in [0.25, 0.3) is 5.91 Å². The summed E-state index contributed by atoms with van der Waals surface area (Å²) in [7, 11) is 0. The molecule has 1 aliphatic carbocycles. The van der Waals surface area contributed by atoms with Crippen LogP contribution in [0.5, 0.6) is 5.75 Å². The number of H-pyrrole nitrogens is 1. The molecule has 0 atom stereocenters. The highest BCUT2D eigenvalue weighted by Gasteiger charge is 2.21. The van der Waals surface area contributed by atoms with Crippen LogP contribution < -0.4 is 10.9 Å². The lowest BCUT2D eigenvalue weighted by Crippen LogP contribution is -2.36. The summed E-state index contributed by atoms with van der Waals surface area (Å²) in [6.07, 6.45) is 4.05. The molecule has 0 saturated heterocycles. The fraction of sp³-hybridized carbons (Fsp3) is 0.250. The Labute approximate surface area is 128 Å². The highest BCUT2D eigenvalue weighted by molar-refractivity contribution is 5.94. The van der Waals surface area contributed by atoms with Gasteiger partial charge >= 0.3 is 0 Å². The minimum atomic E-state index is -0.278. The summed E-state index contributed by atoms with van der Waals surface area (Å²) < 4.78 is 0. The largest absolute Gasteiger partial charge is 0.508 e. The van der Waals surface area contributed by atoms with Crippen LogP contribution in [0.25, 0.3) is 5.70 Å². The van der Waals surface area contributed by atoms with Crippen LogP contribution in [-0.4, -0.2) is 21.2 Å². The molecule has 114 valence electrons. The molecule has 1 aromatic heterocycles. The number of fused-ring (bicyclic) bond motifs is 1. The third kappa shape index (κ3) is 2.81. The van der Waals surface area contributed by atoms with Gasteiger partial charge in [0.2, 0.25) is 0 Å². The number of benzene rings is 1. The fourth-order valence-corrected chi connectivity index (χ4v) is 2.59. The van der Waals surface area contributed by atoms with Crippen LogP contribution in [-0.2, 0) is 12.8 Å². The molecule has 6 heteroatoms. The maximum atomic E-state index is 12.2. The molecular weight excluding hydrogens is 280 g/mol. The molecule has 0 spiro atoms. The first kappa shape index (κ1) is 14.2. The van der Waals surface area contributed by atoms with Gasteiger partial charge in [-0.05, 0) is 55.5 Å². The van der Waals surface area contributed by atoms with E-state index >= 15 is 0 Å². The summed E-state index contributed by atoms with van der Waals surface area (Å²) >= 11 is 0. The van der Waals surface area contributed by atoms with E-state index in [1.54, 1.807) is 24.3 Å². The predicted molar refractivity (Wildman–Crippen MR) is 83.0 cm³/mol. The van der Waals surface area contributed by atoms with Crippen molar-refractivity contribution in [2.45, 2.75) is 25.7 Å². The second kappa shape index (κ2) is 5.93. The van der Waals surface area contributed by atoms with E-state index in [0.717, 1.165) is 42.5 Å². The molecule has 1 heterocycles. The maximum Gasteiger partial charge on any atom is 0.290 e. The molecule has 6 nitrogen and oxygen atoms in total. The highest BCUT2D eigenvalue weighted by Crippen LogP contribution is 2.22. The van der Waals surface area contributed by atoms with Crippen LogP contribution in [0.1, 0.15) is 40.2 Å². The smallest absolute Gasteiger partial charge is 0.290 e. The van der Waals surface area contributed by atoms with E-state index in [-0.39, 0.29) is 11.7 Å². The monoisotopic (exact) mass is 298 g/mol. The van der Waals surface area contributed by atoms with E-state index in [1.807, 2.05) is 0 Å². The number of aromatic nitrogens is 2. The average Bonchev–Trinajstić information content (AvgIpc) is 2.97. The zero-order valence-electron chi connectivity index (χ0n) is 12.1. The van der Waals surface area contributed by atoms with Gasteiger partial charge in [-0.2, -0.15) is 5.10 Å². The number of phenols is 1. The number of amides is 1. The molecule has 0 bridgehead atoms. The Hall–Kier alpha value is -2.76. The van der Waals surface area contributed by atoms with Gasteiger partial charge in [-0.1, -0.05) is 6.58 Å². The number of hydrogen-bond donors (Lipinski definition) is 4. The summed E-state index contributed by atoms with van der Waals surface area (Å²) in [6, 6.07) is 6.56. The normalized spacial score (nSPS) is 13.3. The standard InChI is InChI=1S/C16H18N4O2/c1-10(11-6-8-12(21)9-7-11)17-20-16(22)15-13-4-2-3-5-14(13)18-19-15/h6-9,17,21H,1-5H2,(H,18,19)(H,20,22). The zero-order chi connectivity index (χ0) is 15.5. The number of nitrogens with one attached hydrogen (secondary N) is 3. The number of rotatable bonds is 4. The number of aromatic hydroxyl groups is 1. The molecule has 2 aromatic rings. The van der Waals surface area contributed by atoms with Crippen molar-refractivity contribution in [1.29, 1.82) is 0 Å². The van der Waals surface area contributed by atoms with Crippen LogP contribution in [0.3, 0.4) is 0 Å². The summed E-state index contributed by atoms with van der Waals surface area (Å²) in [6.45, 7) is 3.86. The molecule has 0 fully saturated rings. The van der Waals surface area contributed by atoms with Crippen molar-refractivity contribution >= 4 is 11.6 Å². The molecule has 0 saturated carbocycles. The van der Waals surface area contributed by atoms with Crippen molar-refractivity contribution in [1.82, 2.24) is 21.0 Å². The Balaban J connectivity index is 1.64. The van der Waals surface area contributed by atoms with Crippen LogP contribution in [0.4, 0.5) is 0 Å². The van der Waals surface area contributed by atoms with Crippen molar-refractivity contribution in [3.05, 3.63) is 53.4 Å². The molecule has 0 aliphatic heterocycles. The number of aryl methyl sites for hydroxylation is 1. The van der Waals surface area contributed by atoms with Gasteiger partial charge in [-0.3, -0.25) is 20.7 Å². The predicted octanol–water partition coefficient (Wildman–Crippen LogP) is 1.90. The van der Waals surface area contributed by atoms with E-state index in [0.29, 0.717) is 11.4 Å². The molecule has 1 amide bonds. The van der Waals surface area contributed by atoms with Crippen molar-refractivity contribution in [3.8, 4) is 5.75 Å². The second-order valence-corrected chi connectivity index (χ2v) is 5.34. The number of carbonyl (C=O) groups excluding carboxylic acids is 1. The Morgan fingerprint density at radius 3 is 2.68 bits per heavy atom. The van der Waals surface area contributed by atoms with Crippen LogP contribution in [0, 0.1) is 0 Å². The number of hydrazine groups is 1. The molecular formula is C16H18N4O2. The van der Waals surface area contributed by atoms with E-state index in [1.165, 1.54) is 0 Å². The third-order valence-electron chi connectivity index (χ3n) is 3.81. The Bertz CT molecular complexity index is 703. The lowest BCUT2D eigenvalue weighted by Gasteiger charge is -2.13. The summed E-state index contributed by atoms with van der Waals surface area (Å²) in [5.74, 6) is -0.0944. The number of aromatic amines is 1. The highest BCUT2D eigenvalue weighted by atomic mass is 16.3. The number of phenolic OH excluding ortho intramolecular Hbond substituents is 1. The number of nitrogens with zero attached hydrogens (tertiary/aromatic N) is 1. The molecule has 1 aromatic carbocycles. The van der Waals surface area contributed by atoms with Crippen LogP contribution in [0.2, 0.25) is 0 Å². The number of hydrogen-bond acceptors (Lipinski definition) is 4.